The van der Waals surface area contributed by atoms with Crippen molar-refractivity contribution in [2.75, 3.05) is 5.32 Å². The molecule has 2 N–H and O–H groups in total. The number of hydrogen-bond acceptors (Lipinski definition) is 4. The van der Waals surface area contributed by atoms with Crippen molar-refractivity contribution in [1.29, 1.82) is 0 Å². The molecule has 2 rings (SSSR count). The third-order valence-electron chi connectivity index (χ3n) is 2.76. The molecule has 1 aromatic heterocycles. The van der Waals surface area contributed by atoms with Gasteiger partial charge in [0.25, 0.3) is 5.91 Å². The molecule has 112 valence electrons. The number of hydrogen-bond donors (Lipinski definition) is 2. The first-order valence-electron chi connectivity index (χ1n) is 6.73. The minimum absolute atomic E-state index is 0.103. The molecule has 2 aromatic rings. The van der Waals surface area contributed by atoms with Gasteiger partial charge in [0.15, 0.2) is 0 Å². The zero-order chi connectivity index (χ0) is 15.8. The molecule has 6 heteroatoms. The van der Waals surface area contributed by atoms with Crippen molar-refractivity contribution in [3.63, 3.8) is 0 Å². The van der Waals surface area contributed by atoms with Crippen molar-refractivity contribution in [2.45, 2.75) is 13.3 Å². The van der Waals surface area contributed by atoms with Gasteiger partial charge in [0.1, 0.15) is 0 Å². The quantitative estimate of drug-likeness (QED) is 0.655. The van der Waals surface area contributed by atoms with Crippen molar-refractivity contribution < 1.29 is 9.59 Å². The Morgan fingerprint density at radius 3 is 2.45 bits per heavy atom. The summed E-state index contributed by atoms with van der Waals surface area (Å²) in [4.78, 5) is 27.4. The molecule has 0 aliphatic carbocycles. The number of aromatic nitrogens is 1. The number of para-hydroxylation sites is 1. The van der Waals surface area contributed by atoms with E-state index in [4.69, 9.17) is 0 Å². The average molecular weight is 296 g/mol. The van der Waals surface area contributed by atoms with Crippen molar-refractivity contribution in [2.24, 2.45) is 5.10 Å². The highest BCUT2D eigenvalue weighted by atomic mass is 16.2. The fourth-order valence-corrected chi connectivity index (χ4v) is 1.71. The number of hydrazone groups is 1. The Labute approximate surface area is 128 Å². The summed E-state index contributed by atoms with van der Waals surface area (Å²) in [6, 6.07) is 12.3. The van der Waals surface area contributed by atoms with E-state index in [1.54, 1.807) is 31.2 Å². The molecule has 2 amide bonds. The number of nitrogens with one attached hydrogen (secondary N) is 2. The normalized spacial score (nSPS) is 10.9. The molecule has 0 atom stereocenters. The van der Waals surface area contributed by atoms with Gasteiger partial charge in [-0.3, -0.25) is 14.6 Å². The first-order chi connectivity index (χ1) is 10.6. The zero-order valence-electron chi connectivity index (χ0n) is 12.1. The van der Waals surface area contributed by atoms with Crippen LogP contribution in [0.4, 0.5) is 5.69 Å². The van der Waals surface area contributed by atoms with Crippen LogP contribution in [0.15, 0.2) is 60.0 Å². The van der Waals surface area contributed by atoms with Crippen LogP contribution in [0.3, 0.4) is 0 Å². The number of pyridine rings is 1. The van der Waals surface area contributed by atoms with Crippen LogP contribution < -0.4 is 10.7 Å². The average Bonchev–Trinajstić information content (AvgIpc) is 2.54. The second kappa shape index (κ2) is 7.68. The molecule has 1 aromatic carbocycles. The Morgan fingerprint density at radius 2 is 1.77 bits per heavy atom. The Morgan fingerprint density at radius 1 is 1.09 bits per heavy atom. The lowest BCUT2D eigenvalue weighted by Gasteiger charge is -2.05. The van der Waals surface area contributed by atoms with Gasteiger partial charge in [-0.2, -0.15) is 5.10 Å². The van der Waals surface area contributed by atoms with Gasteiger partial charge in [0.05, 0.1) is 6.42 Å². The van der Waals surface area contributed by atoms with Crippen molar-refractivity contribution >= 4 is 23.2 Å². The van der Waals surface area contributed by atoms with E-state index < -0.39 is 0 Å². The zero-order valence-corrected chi connectivity index (χ0v) is 12.1. The van der Waals surface area contributed by atoms with E-state index in [0.717, 1.165) is 5.69 Å². The lowest BCUT2D eigenvalue weighted by Crippen LogP contribution is -2.21. The van der Waals surface area contributed by atoms with Crippen LogP contribution in [0.1, 0.15) is 23.7 Å². The van der Waals surface area contributed by atoms with Crippen LogP contribution in [0.2, 0.25) is 0 Å². The third kappa shape index (κ3) is 4.82. The maximum atomic E-state index is 11.8. The Balaban J connectivity index is 1.85. The second-order valence-corrected chi connectivity index (χ2v) is 4.61. The fourth-order valence-electron chi connectivity index (χ4n) is 1.71. The number of amides is 2. The van der Waals surface area contributed by atoms with E-state index in [1.807, 2.05) is 18.2 Å². The number of benzene rings is 1. The standard InChI is InChI=1S/C16H16N4O2/c1-12(11-15(21)18-14-5-3-2-4-6-14)19-20-16(22)13-7-9-17-10-8-13/h2-10H,11H2,1H3,(H,18,21)(H,20,22). The SMILES string of the molecule is CC(CC(=O)Nc1ccccc1)=NNC(=O)c1ccncc1. The van der Waals surface area contributed by atoms with Crippen LogP contribution in [0.25, 0.3) is 0 Å². The Bertz CT molecular complexity index is 669. The Kier molecular flexibility index (Phi) is 5.37. The highest BCUT2D eigenvalue weighted by Gasteiger charge is 2.06. The van der Waals surface area contributed by atoms with Gasteiger partial charge >= 0.3 is 0 Å². The van der Waals surface area contributed by atoms with E-state index in [9.17, 15) is 9.59 Å². The maximum Gasteiger partial charge on any atom is 0.271 e. The van der Waals surface area contributed by atoms with Gasteiger partial charge in [0, 0.05) is 29.4 Å². The van der Waals surface area contributed by atoms with E-state index >= 15 is 0 Å². The number of carbonyl (C=O) groups excluding carboxylic acids is 2. The molecule has 0 spiro atoms. The monoisotopic (exact) mass is 296 g/mol. The molecule has 0 radical (unpaired) electrons. The largest absolute Gasteiger partial charge is 0.326 e. The summed E-state index contributed by atoms with van der Waals surface area (Å²) in [5.74, 6) is -0.532. The van der Waals surface area contributed by atoms with Gasteiger partial charge < -0.3 is 5.32 Å². The second-order valence-electron chi connectivity index (χ2n) is 4.61. The van der Waals surface area contributed by atoms with Crippen LogP contribution in [0.5, 0.6) is 0 Å². The molecule has 0 unspecified atom stereocenters. The molecule has 0 aliphatic rings. The van der Waals surface area contributed by atoms with Crippen molar-refractivity contribution in [1.82, 2.24) is 10.4 Å². The fraction of sp³-hybridized carbons (Fsp3) is 0.125. The Hall–Kier alpha value is -3.02. The lowest BCUT2D eigenvalue weighted by molar-refractivity contribution is -0.115. The first-order valence-corrected chi connectivity index (χ1v) is 6.73. The van der Waals surface area contributed by atoms with Gasteiger partial charge in [-0.1, -0.05) is 18.2 Å². The summed E-state index contributed by atoms with van der Waals surface area (Å²) < 4.78 is 0. The smallest absolute Gasteiger partial charge is 0.271 e. The molecular formula is C16H16N4O2. The molecule has 0 fully saturated rings. The molecule has 0 saturated heterocycles. The highest BCUT2D eigenvalue weighted by molar-refractivity contribution is 6.06. The summed E-state index contributed by atoms with van der Waals surface area (Å²) >= 11 is 0. The van der Waals surface area contributed by atoms with Gasteiger partial charge in [-0.25, -0.2) is 5.43 Å². The molecule has 6 nitrogen and oxygen atoms in total. The van der Waals surface area contributed by atoms with E-state index in [2.05, 4.69) is 20.8 Å². The number of anilines is 1. The molecule has 0 aliphatic heterocycles. The number of nitrogens with zero attached hydrogens (tertiary/aromatic N) is 2. The summed E-state index contributed by atoms with van der Waals surface area (Å²) in [5.41, 5.74) is 4.10. The predicted molar refractivity (Wildman–Crippen MR) is 84.5 cm³/mol. The highest BCUT2D eigenvalue weighted by Crippen LogP contribution is 2.05. The molecule has 1 heterocycles. The minimum Gasteiger partial charge on any atom is -0.326 e. The summed E-state index contributed by atoms with van der Waals surface area (Å²) in [6.45, 7) is 1.68. The van der Waals surface area contributed by atoms with Crippen LogP contribution in [0, 0.1) is 0 Å². The van der Waals surface area contributed by atoms with Crippen molar-refractivity contribution in [3.8, 4) is 0 Å². The van der Waals surface area contributed by atoms with E-state index in [-0.39, 0.29) is 18.2 Å². The van der Waals surface area contributed by atoms with Crippen LogP contribution >= 0.6 is 0 Å². The third-order valence-corrected chi connectivity index (χ3v) is 2.76. The maximum absolute atomic E-state index is 11.8. The van der Waals surface area contributed by atoms with E-state index in [0.29, 0.717) is 11.3 Å². The van der Waals surface area contributed by atoms with Crippen LogP contribution in [-0.4, -0.2) is 22.5 Å². The van der Waals surface area contributed by atoms with Gasteiger partial charge in [-0.05, 0) is 31.2 Å². The molecular weight excluding hydrogens is 280 g/mol. The summed E-state index contributed by atoms with van der Waals surface area (Å²) in [6.07, 6.45) is 3.16. The summed E-state index contributed by atoms with van der Waals surface area (Å²) in [5, 5.41) is 6.67. The first kappa shape index (κ1) is 15.4. The van der Waals surface area contributed by atoms with Crippen molar-refractivity contribution in [3.05, 3.63) is 60.4 Å². The van der Waals surface area contributed by atoms with E-state index in [1.165, 1.54) is 12.4 Å². The molecule has 0 saturated carbocycles. The topological polar surface area (TPSA) is 83.5 Å². The summed E-state index contributed by atoms with van der Waals surface area (Å²) in [7, 11) is 0. The van der Waals surface area contributed by atoms with Gasteiger partial charge in [-0.15, -0.1) is 0 Å². The van der Waals surface area contributed by atoms with Gasteiger partial charge in [0.2, 0.25) is 5.91 Å². The lowest BCUT2D eigenvalue weighted by atomic mass is 10.2. The molecule has 0 bridgehead atoms. The predicted octanol–water partition coefficient (Wildman–Crippen LogP) is 2.22. The number of carbonyl (C=O) groups is 2. The molecule has 22 heavy (non-hydrogen) atoms. The minimum atomic E-state index is -0.342. The van der Waals surface area contributed by atoms with Crippen LogP contribution in [-0.2, 0) is 4.79 Å². The number of rotatable bonds is 5.